The summed E-state index contributed by atoms with van der Waals surface area (Å²) in [6.45, 7) is 10.1. The Balaban J connectivity index is 1.29. The second kappa shape index (κ2) is 16.0. The van der Waals surface area contributed by atoms with Crippen LogP contribution in [0, 0.1) is 0 Å². The number of piperazine rings is 1. The number of hydrogen-bond acceptors (Lipinski definition) is 5. The molecule has 1 aromatic rings. The van der Waals surface area contributed by atoms with Crippen LogP contribution in [0.3, 0.4) is 0 Å². The number of hydrogen-bond donors (Lipinski definition) is 2. The van der Waals surface area contributed by atoms with Crippen molar-refractivity contribution in [2.24, 2.45) is 5.73 Å². The van der Waals surface area contributed by atoms with Gasteiger partial charge in [-0.2, -0.15) is 0 Å². The van der Waals surface area contributed by atoms with Crippen LogP contribution in [0.2, 0.25) is 0 Å². The van der Waals surface area contributed by atoms with Crippen molar-refractivity contribution in [1.82, 2.24) is 9.80 Å². The molecular weight excluding hydrogens is 436 g/mol. The van der Waals surface area contributed by atoms with Crippen LogP contribution in [0.15, 0.2) is 29.8 Å². The topological polar surface area (TPSA) is 75.4 Å². The van der Waals surface area contributed by atoms with E-state index in [4.69, 9.17) is 10.5 Å². The lowest BCUT2D eigenvalue weighted by atomic mass is 9.91. The fourth-order valence-electron chi connectivity index (χ4n) is 5.22. The fourth-order valence-corrected chi connectivity index (χ4v) is 5.22. The van der Waals surface area contributed by atoms with Crippen molar-refractivity contribution in [1.29, 1.82) is 0 Å². The van der Waals surface area contributed by atoms with E-state index in [-0.39, 0.29) is 5.97 Å². The summed E-state index contributed by atoms with van der Waals surface area (Å²) in [7, 11) is 0. The van der Waals surface area contributed by atoms with Gasteiger partial charge in [0.2, 0.25) is 0 Å². The molecule has 35 heavy (non-hydrogen) atoms. The number of benzene rings is 1. The molecule has 0 radical (unpaired) electrons. The number of carbonyl (C=O) groups is 1. The number of ether oxygens (including phenoxy) is 1. The quantitative estimate of drug-likeness (QED) is 0.236. The van der Waals surface area contributed by atoms with Gasteiger partial charge in [-0.3, -0.25) is 9.69 Å². The number of esters is 1. The molecule has 1 aliphatic heterocycles. The summed E-state index contributed by atoms with van der Waals surface area (Å²) in [5.74, 6) is -0.0331. The average Bonchev–Trinajstić information content (AvgIpc) is 2.90. The van der Waals surface area contributed by atoms with Gasteiger partial charge in [-0.15, -0.1) is 0 Å². The third-order valence-electron chi connectivity index (χ3n) is 7.50. The molecule has 0 bridgehead atoms. The highest BCUT2D eigenvalue weighted by atomic mass is 16.5. The van der Waals surface area contributed by atoms with Crippen molar-refractivity contribution in [3.63, 3.8) is 0 Å². The smallest absolute Gasteiger partial charge is 0.305 e. The average molecular weight is 486 g/mol. The molecule has 1 aliphatic carbocycles. The summed E-state index contributed by atoms with van der Waals surface area (Å²) in [4.78, 5) is 16.8. The highest BCUT2D eigenvalue weighted by molar-refractivity contribution is 5.72. The van der Waals surface area contributed by atoms with E-state index in [0.29, 0.717) is 13.0 Å². The first kappa shape index (κ1) is 27.7. The Morgan fingerprint density at radius 3 is 2.40 bits per heavy atom. The van der Waals surface area contributed by atoms with Crippen molar-refractivity contribution in [2.45, 2.75) is 77.6 Å². The Kier molecular flexibility index (Phi) is 12.6. The molecule has 2 aliphatic rings. The van der Waals surface area contributed by atoms with Crippen molar-refractivity contribution in [3.05, 3.63) is 35.4 Å². The number of nitrogens with two attached hydrogens (primary N) is 2. The van der Waals surface area contributed by atoms with Crippen molar-refractivity contribution in [2.75, 3.05) is 52.4 Å². The first-order valence-electron chi connectivity index (χ1n) is 14.2. The number of para-hydroxylation sites is 1. The maximum atomic E-state index is 11.8. The van der Waals surface area contributed by atoms with Gasteiger partial charge >= 0.3 is 5.97 Å². The lowest BCUT2D eigenvalue weighted by Gasteiger charge is -2.34. The molecule has 3 rings (SSSR count). The summed E-state index contributed by atoms with van der Waals surface area (Å²) < 4.78 is 5.43. The zero-order valence-corrected chi connectivity index (χ0v) is 22.1. The summed E-state index contributed by atoms with van der Waals surface area (Å²) in [5.41, 5.74) is 11.6. The van der Waals surface area contributed by atoms with E-state index in [1.807, 2.05) is 0 Å². The van der Waals surface area contributed by atoms with Crippen LogP contribution in [0.25, 0.3) is 5.70 Å². The van der Waals surface area contributed by atoms with Crippen LogP contribution in [0.1, 0.15) is 83.1 Å². The van der Waals surface area contributed by atoms with Crippen LogP contribution in [0.4, 0.5) is 5.69 Å². The van der Waals surface area contributed by atoms with E-state index >= 15 is 0 Å². The molecule has 2 fully saturated rings. The minimum atomic E-state index is -0.0331. The zero-order valence-electron chi connectivity index (χ0n) is 22.1. The Bertz CT molecular complexity index is 779. The Hall–Kier alpha value is -1.89. The molecule has 0 amide bonds. The largest absolute Gasteiger partial charge is 0.464 e. The SMILES string of the molecule is CCCCCCC(=O)OCCN1CCN(CCC[NH2+]c2ccccc2C(N)=C2CCCCC2)CC1. The Morgan fingerprint density at radius 2 is 1.66 bits per heavy atom. The molecule has 0 atom stereocenters. The Morgan fingerprint density at radius 1 is 0.943 bits per heavy atom. The van der Waals surface area contributed by atoms with Crippen LogP contribution < -0.4 is 11.1 Å². The highest BCUT2D eigenvalue weighted by Crippen LogP contribution is 2.29. The minimum Gasteiger partial charge on any atom is -0.464 e. The maximum absolute atomic E-state index is 11.8. The molecular formula is C29H49N4O2+. The van der Waals surface area contributed by atoms with Gasteiger partial charge in [-0.1, -0.05) is 44.7 Å². The Labute approximate surface area is 213 Å². The van der Waals surface area contributed by atoms with Gasteiger partial charge in [0.05, 0.1) is 12.1 Å². The normalized spacial score (nSPS) is 17.5. The van der Waals surface area contributed by atoms with Gasteiger partial charge in [-0.05, 0) is 49.8 Å². The second-order valence-corrected chi connectivity index (χ2v) is 10.2. The molecule has 1 saturated heterocycles. The second-order valence-electron chi connectivity index (χ2n) is 10.2. The molecule has 196 valence electrons. The highest BCUT2D eigenvalue weighted by Gasteiger charge is 2.18. The summed E-state index contributed by atoms with van der Waals surface area (Å²) in [5, 5.41) is 2.37. The minimum absolute atomic E-state index is 0.0331. The predicted molar refractivity (Wildman–Crippen MR) is 144 cm³/mol. The van der Waals surface area contributed by atoms with Crippen LogP contribution in [-0.2, 0) is 9.53 Å². The molecule has 0 unspecified atom stereocenters. The van der Waals surface area contributed by atoms with E-state index in [2.05, 4.69) is 46.3 Å². The van der Waals surface area contributed by atoms with Gasteiger partial charge < -0.3 is 20.7 Å². The van der Waals surface area contributed by atoms with Gasteiger partial charge in [0.1, 0.15) is 12.3 Å². The van der Waals surface area contributed by atoms with Crippen LogP contribution >= 0.6 is 0 Å². The lowest BCUT2D eigenvalue weighted by Crippen LogP contribution is -2.78. The lowest BCUT2D eigenvalue weighted by molar-refractivity contribution is -0.572. The molecule has 4 N–H and O–H groups in total. The van der Waals surface area contributed by atoms with Gasteiger partial charge in [-0.25, -0.2) is 0 Å². The number of rotatable bonds is 14. The van der Waals surface area contributed by atoms with Gasteiger partial charge in [0, 0.05) is 57.8 Å². The van der Waals surface area contributed by atoms with Crippen LogP contribution in [0.5, 0.6) is 0 Å². The van der Waals surface area contributed by atoms with Crippen molar-refractivity contribution in [3.8, 4) is 0 Å². The molecule has 1 saturated carbocycles. The molecule has 6 heteroatoms. The number of carbonyl (C=O) groups excluding carboxylic acids is 1. The predicted octanol–water partition coefficient (Wildman–Crippen LogP) is 4.04. The molecule has 1 aromatic carbocycles. The molecule has 0 spiro atoms. The third kappa shape index (κ3) is 9.94. The zero-order chi connectivity index (χ0) is 24.7. The molecule has 6 nitrogen and oxygen atoms in total. The summed E-state index contributed by atoms with van der Waals surface area (Å²) in [6, 6.07) is 8.63. The number of quaternary nitrogens is 1. The summed E-state index contributed by atoms with van der Waals surface area (Å²) in [6.07, 6.45) is 12.4. The van der Waals surface area contributed by atoms with E-state index in [0.717, 1.165) is 77.2 Å². The number of allylic oxidation sites excluding steroid dienone is 1. The number of nitrogens with zero attached hydrogens (tertiary/aromatic N) is 2. The van der Waals surface area contributed by atoms with Gasteiger partial charge in [0.25, 0.3) is 0 Å². The van der Waals surface area contributed by atoms with Gasteiger partial charge in [0.15, 0.2) is 0 Å². The molecule has 0 aromatic heterocycles. The van der Waals surface area contributed by atoms with E-state index in [9.17, 15) is 4.79 Å². The van der Waals surface area contributed by atoms with E-state index < -0.39 is 0 Å². The van der Waals surface area contributed by atoms with E-state index in [1.165, 1.54) is 55.3 Å². The van der Waals surface area contributed by atoms with Crippen molar-refractivity contribution >= 4 is 17.4 Å². The van der Waals surface area contributed by atoms with Crippen LogP contribution in [-0.4, -0.2) is 68.2 Å². The van der Waals surface area contributed by atoms with Crippen molar-refractivity contribution < 1.29 is 14.8 Å². The first-order valence-corrected chi connectivity index (χ1v) is 14.2. The third-order valence-corrected chi connectivity index (χ3v) is 7.50. The summed E-state index contributed by atoms with van der Waals surface area (Å²) >= 11 is 0. The standard InChI is InChI=1S/C29H48N4O2/c1-2-3-4-8-16-28(34)35-24-23-33-21-19-32(20-22-33)18-11-17-31-27-15-10-9-14-26(27)29(30)25-12-6-5-7-13-25/h9-10,14-15,31H,2-8,11-13,16-24,30H2,1H3/p+1. The van der Waals surface area contributed by atoms with E-state index in [1.54, 1.807) is 0 Å². The molecule has 1 heterocycles. The fraction of sp³-hybridized carbons (Fsp3) is 0.690. The first-order chi connectivity index (χ1) is 17.2. The number of unbranched alkanes of at least 4 members (excludes halogenated alkanes) is 3. The monoisotopic (exact) mass is 485 g/mol. The maximum Gasteiger partial charge on any atom is 0.305 e.